The zero-order valence-corrected chi connectivity index (χ0v) is 10.8. The molecule has 0 aromatic carbocycles. The molecule has 0 fully saturated rings. The lowest BCUT2D eigenvalue weighted by Crippen LogP contribution is -2.23. The standard InChI is InChI=1S/C13H19N3O/c1-8(2)13(10(4)17)11-5-9(3)6-12-14-7-15-16(11)12/h5-8,10,13,17H,1-4H3. The number of aliphatic hydroxyl groups is 1. The van der Waals surface area contributed by atoms with Crippen LogP contribution >= 0.6 is 0 Å². The molecular weight excluding hydrogens is 214 g/mol. The Balaban J connectivity index is 2.63. The maximum atomic E-state index is 9.96. The Bertz CT molecular complexity index is 508. The molecule has 1 N–H and O–H groups in total. The zero-order chi connectivity index (χ0) is 12.6. The summed E-state index contributed by atoms with van der Waals surface area (Å²) in [6.07, 6.45) is 1.15. The fourth-order valence-electron chi connectivity index (χ4n) is 2.47. The maximum Gasteiger partial charge on any atom is 0.155 e. The molecule has 0 aliphatic heterocycles. The Morgan fingerprint density at radius 2 is 1.94 bits per heavy atom. The molecular formula is C13H19N3O. The van der Waals surface area contributed by atoms with Crippen molar-refractivity contribution in [1.29, 1.82) is 0 Å². The van der Waals surface area contributed by atoms with Gasteiger partial charge in [0.1, 0.15) is 6.33 Å². The van der Waals surface area contributed by atoms with Gasteiger partial charge in [-0.3, -0.25) is 0 Å². The average molecular weight is 233 g/mol. The van der Waals surface area contributed by atoms with Gasteiger partial charge in [0.05, 0.1) is 11.8 Å². The van der Waals surface area contributed by atoms with Crippen molar-refractivity contribution < 1.29 is 5.11 Å². The predicted molar refractivity (Wildman–Crippen MR) is 67.0 cm³/mol. The summed E-state index contributed by atoms with van der Waals surface area (Å²) in [5, 5.41) is 14.2. The topological polar surface area (TPSA) is 50.4 Å². The van der Waals surface area contributed by atoms with Crippen LogP contribution in [0.1, 0.15) is 37.9 Å². The number of aromatic nitrogens is 3. The molecule has 0 spiro atoms. The van der Waals surface area contributed by atoms with Crippen LogP contribution in [-0.4, -0.2) is 25.8 Å². The Kier molecular flexibility index (Phi) is 3.15. The fraction of sp³-hybridized carbons (Fsp3) is 0.538. The van der Waals surface area contributed by atoms with Crippen LogP contribution in [0.4, 0.5) is 0 Å². The molecule has 0 radical (unpaired) electrons. The normalized spacial score (nSPS) is 15.4. The lowest BCUT2D eigenvalue weighted by atomic mass is 9.87. The van der Waals surface area contributed by atoms with E-state index in [2.05, 4.69) is 30.0 Å². The van der Waals surface area contributed by atoms with Crippen LogP contribution in [0.15, 0.2) is 18.5 Å². The monoisotopic (exact) mass is 233 g/mol. The second-order valence-electron chi connectivity index (χ2n) is 5.00. The number of hydrogen-bond acceptors (Lipinski definition) is 3. The van der Waals surface area contributed by atoms with Gasteiger partial charge in [0.25, 0.3) is 0 Å². The quantitative estimate of drug-likeness (QED) is 0.883. The van der Waals surface area contributed by atoms with E-state index in [0.29, 0.717) is 5.92 Å². The highest BCUT2D eigenvalue weighted by Gasteiger charge is 2.24. The van der Waals surface area contributed by atoms with Crippen LogP contribution in [0.25, 0.3) is 5.65 Å². The van der Waals surface area contributed by atoms with Crippen molar-refractivity contribution in [2.45, 2.75) is 39.7 Å². The van der Waals surface area contributed by atoms with Crippen LogP contribution in [0.3, 0.4) is 0 Å². The minimum Gasteiger partial charge on any atom is -0.393 e. The lowest BCUT2D eigenvalue weighted by Gasteiger charge is -2.24. The van der Waals surface area contributed by atoms with Crippen LogP contribution in [-0.2, 0) is 0 Å². The average Bonchev–Trinajstić information content (AvgIpc) is 2.63. The van der Waals surface area contributed by atoms with E-state index in [-0.39, 0.29) is 5.92 Å². The number of aliphatic hydroxyl groups excluding tert-OH is 1. The van der Waals surface area contributed by atoms with Gasteiger partial charge in [-0.2, -0.15) is 5.10 Å². The van der Waals surface area contributed by atoms with E-state index in [1.165, 1.54) is 0 Å². The predicted octanol–water partition coefficient (Wildman–Crippen LogP) is 2.16. The van der Waals surface area contributed by atoms with Gasteiger partial charge >= 0.3 is 0 Å². The lowest BCUT2D eigenvalue weighted by molar-refractivity contribution is 0.137. The fourth-order valence-corrected chi connectivity index (χ4v) is 2.47. The summed E-state index contributed by atoms with van der Waals surface area (Å²) in [7, 11) is 0. The third kappa shape index (κ3) is 2.17. The van der Waals surface area contributed by atoms with E-state index in [1.807, 2.05) is 24.4 Å². The van der Waals surface area contributed by atoms with Crippen molar-refractivity contribution in [3.63, 3.8) is 0 Å². The molecule has 0 saturated heterocycles. The number of fused-ring (bicyclic) bond motifs is 1. The summed E-state index contributed by atoms with van der Waals surface area (Å²) in [4.78, 5) is 4.21. The maximum absolute atomic E-state index is 9.96. The molecule has 2 aromatic heterocycles. The van der Waals surface area contributed by atoms with Gasteiger partial charge in [-0.25, -0.2) is 9.50 Å². The van der Waals surface area contributed by atoms with Crippen LogP contribution in [0.5, 0.6) is 0 Å². The number of nitrogens with zero attached hydrogens (tertiary/aromatic N) is 3. The first kappa shape index (κ1) is 12.0. The second kappa shape index (κ2) is 4.45. The van der Waals surface area contributed by atoms with Crippen LogP contribution in [0, 0.1) is 12.8 Å². The van der Waals surface area contributed by atoms with Gasteiger partial charge < -0.3 is 5.11 Å². The molecule has 0 aliphatic rings. The molecule has 2 aromatic rings. The molecule has 92 valence electrons. The molecule has 0 amide bonds. The van der Waals surface area contributed by atoms with E-state index in [0.717, 1.165) is 16.9 Å². The van der Waals surface area contributed by atoms with Gasteiger partial charge in [-0.1, -0.05) is 13.8 Å². The summed E-state index contributed by atoms with van der Waals surface area (Å²) >= 11 is 0. The summed E-state index contributed by atoms with van der Waals surface area (Å²) in [6.45, 7) is 8.10. The van der Waals surface area contributed by atoms with Crippen molar-refractivity contribution in [3.05, 3.63) is 29.7 Å². The van der Waals surface area contributed by atoms with E-state index in [1.54, 1.807) is 6.33 Å². The van der Waals surface area contributed by atoms with Crippen molar-refractivity contribution >= 4 is 5.65 Å². The third-order valence-corrected chi connectivity index (χ3v) is 3.13. The molecule has 2 atom stereocenters. The Morgan fingerprint density at radius 3 is 2.53 bits per heavy atom. The first-order valence-electron chi connectivity index (χ1n) is 5.99. The summed E-state index contributed by atoms with van der Waals surface area (Å²) < 4.78 is 1.82. The van der Waals surface area contributed by atoms with E-state index >= 15 is 0 Å². The van der Waals surface area contributed by atoms with Gasteiger partial charge in [-0.15, -0.1) is 0 Å². The minimum atomic E-state index is -0.399. The molecule has 2 heterocycles. The number of rotatable bonds is 3. The molecule has 2 unspecified atom stereocenters. The van der Waals surface area contributed by atoms with E-state index in [9.17, 15) is 5.11 Å². The first-order chi connectivity index (χ1) is 8.00. The molecule has 0 aliphatic carbocycles. The smallest absolute Gasteiger partial charge is 0.155 e. The van der Waals surface area contributed by atoms with Crippen LogP contribution in [0.2, 0.25) is 0 Å². The molecule has 17 heavy (non-hydrogen) atoms. The van der Waals surface area contributed by atoms with Crippen LogP contribution < -0.4 is 0 Å². The Morgan fingerprint density at radius 1 is 1.24 bits per heavy atom. The van der Waals surface area contributed by atoms with E-state index in [4.69, 9.17) is 0 Å². The van der Waals surface area contributed by atoms with Crippen molar-refractivity contribution in [2.24, 2.45) is 5.92 Å². The van der Waals surface area contributed by atoms with E-state index < -0.39 is 6.10 Å². The highest BCUT2D eigenvalue weighted by atomic mass is 16.3. The van der Waals surface area contributed by atoms with Gasteiger partial charge in [-0.05, 0) is 37.5 Å². The summed E-state index contributed by atoms with van der Waals surface area (Å²) in [5.74, 6) is 0.420. The molecule has 2 rings (SSSR count). The van der Waals surface area contributed by atoms with Crippen molar-refractivity contribution in [1.82, 2.24) is 14.6 Å². The number of pyridine rings is 1. The van der Waals surface area contributed by atoms with Crippen molar-refractivity contribution in [2.75, 3.05) is 0 Å². The molecule has 4 heteroatoms. The number of hydrogen-bond donors (Lipinski definition) is 1. The van der Waals surface area contributed by atoms with Gasteiger partial charge in [0.2, 0.25) is 0 Å². The SMILES string of the molecule is Cc1cc(C(C(C)C)C(C)O)n2ncnc2c1. The molecule has 4 nitrogen and oxygen atoms in total. The Hall–Kier alpha value is -1.42. The first-order valence-corrected chi connectivity index (χ1v) is 5.99. The van der Waals surface area contributed by atoms with Crippen molar-refractivity contribution in [3.8, 4) is 0 Å². The second-order valence-corrected chi connectivity index (χ2v) is 5.00. The van der Waals surface area contributed by atoms with Gasteiger partial charge in [0, 0.05) is 5.92 Å². The minimum absolute atomic E-state index is 0.0686. The summed E-state index contributed by atoms with van der Waals surface area (Å²) in [6, 6.07) is 4.08. The van der Waals surface area contributed by atoms with Gasteiger partial charge in [0.15, 0.2) is 5.65 Å². The highest BCUT2D eigenvalue weighted by molar-refractivity contribution is 5.42. The molecule has 0 saturated carbocycles. The number of aryl methyl sites for hydroxylation is 1. The largest absolute Gasteiger partial charge is 0.393 e. The highest BCUT2D eigenvalue weighted by Crippen LogP contribution is 2.28. The molecule has 0 bridgehead atoms. The zero-order valence-electron chi connectivity index (χ0n) is 10.8. The Labute approximate surface area is 101 Å². The summed E-state index contributed by atoms with van der Waals surface area (Å²) in [5.41, 5.74) is 3.01. The third-order valence-electron chi connectivity index (χ3n) is 3.13.